The number of carbonyl (C=O) groups is 1. The van der Waals surface area contributed by atoms with Crippen molar-refractivity contribution in [1.29, 1.82) is 0 Å². The van der Waals surface area contributed by atoms with Crippen molar-refractivity contribution in [2.45, 2.75) is 13.5 Å². The van der Waals surface area contributed by atoms with Crippen LogP contribution in [0.1, 0.15) is 18.1 Å². The van der Waals surface area contributed by atoms with Crippen molar-refractivity contribution in [1.82, 2.24) is 5.32 Å². The molecule has 1 aromatic carbocycles. The lowest BCUT2D eigenvalue weighted by Crippen LogP contribution is -2.18. The lowest BCUT2D eigenvalue weighted by molar-refractivity contribution is -0.137. The first kappa shape index (κ1) is 15.4. The number of hydrogen-bond acceptors (Lipinski definition) is 4. The van der Waals surface area contributed by atoms with E-state index in [1.54, 1.807) is 20.1 Å². The van der Waals surface area contributed by atoms with Gasteiger partial charge in [-0.3, -0.25) is 0 Å². The molecule has 1 rings (SSSR count). The molecule has 0 aliphatic heterocycles. The molecule has 19 heavy (non-hydrogen) atoms. The summed E-state index contributed by atoms with van der Waals surface area (Å²) in [5, 5.41) is 3.27. The molecule has 0 saturated carbocycles. The number of benzene rings is 1. The van der Waals surface area contributed by atoms with E-state index in [1.165, 1.54) is 11.6 Å². The molecule has 0 aliphatic rings. The molecule has 1 N–H and O–H groups in total. The van der Waals surface area contributed by atoms with E-state index in [-0.39, 0.29) is 5.97 Å². The Balaban J connectivity index is 2.40. The highest BCUT2D eigenvalue weighted by Gasteiger charge is 1.95. The van der Waals surface area contributed by atoms with Crippen LogP contribution in [0.3, 0.4) is 0 Å². The highest BCUT2D eigenvalue weighted by molar-refractivity contribution is 5.86. The third-order valence-corrected chi connectivity index (χ3v) is 2.49. The fraction of sp³-hybridized carbons (Fsp3) is 0.400. The van der Waals surface area contributed by atoms with Crippen molar-refractivity contribution in [2.24, 2.45) is 0 Å². The summed E-state index contributed by atoms with van der Waals surface area (Å²) in [6.07, 6.45) is 3.19. The summed E-state index contributed by atoms with van der Waals surface area (Å²) in [4.78, 5) is 11.2. The Hall–Kier alpha value is -1.65. The van der Waals surface area contributed by atoms with Crippen LogP contribution >= 0.6 is 0 Å². The molecule has 0 spiro atoms. The summed E-state index contributed by atoms with van der Waals surface area (Å²) >= 11 is 0. The molecule has 4 nitrogen and oxygen atoms in total. The summed E-state index contributed by atoms with van der Waals surface area (Å²) in [7, 11) is 1.69. The van der Waals surface area contributed by atoms with Crippen molar-refractivity contribution in [2.75, 3.05) is 26.9 Å². The summed E-state index contributed by atoms with van der Waals surface area (Å²) < 4.78 is 9.77. The molecule has 1 aromatic rings. The molecular formula is C15H21NO3. The molecule has 0 unspecified atom stereocenters. The maximum absolute atomic E-state index is 11.2. The summed E-state index contributed by atoms with van der Waals surface area (Å²) in [5.41, 5.74) is 2.18. The minimum Gasteiger partial charge on any atom is -0.463 e. The third-order valence-electron chi connectivity index (χ3n) is 2.49. The van der Waals surface area contributed by atoms with Gasteiger partial charge in [0, 0.05) is 26.3 Å². The molecule has 104 valence electrons. The normalized spacial score (nSPS) is 10.8. The predicted molar refractivity (Wildman–Crippen MR) is 75.7 cm³/mol. The SMILES string of the molecule is CCOC(=O)/C=C/c1ccc(CNCCOC)cc1. The van der Waals surface area contributed by atoms with Crippen LogP contribution in [0.4, 0.5) is 0 Å². The van der Waals surface area contributed by atoms with Crippen LogP contribution in [0.5, 0.6) is 0 Å². The van der Waals surface area contributed by atoms with Crippen molar-refractivity contribution in [3.8, 4) is 0 Å². The Labute approximate surface area is 114 Å². The zero-order valence-corrected chi connectivity index (χ0v) is 11.5. The molecule has 0 fully saturated rings. The van der Waals surface area contributed by atoms with Gasteiger partial charge in [-0.2, -0.15) is 0 Å². The zero-order chi connectivity index (χ0) is 13.9. The monoisotopic (exact) mass is 263 g/mol. The smallest absolute Gasteiger partial charge is 0.330 e. The van der Waals surface area contributed by atoms with Crippen molar-refractivity contribution < 1.29 is 14.3 Å². The first-order valence-corrected chi connectivity index (χ1v) is 6.39. The van der Waals surface area contributed by atoms with Crippen LogP contribution in [0.25, 0.3) is 6.08 Å². The van der Waals surface area contributed by atoms with Crippen LogP contribution in [0.15, 0.2) is 30.3 Å². The first-order chi connectivity index (χ1) is 9.26. The minimum absolute atomic E-state index is 0.312. The highest BCUT2D eigenvalue weighted by Crippen LogP contribution is 2.06. The second-order valence-corrected chi connectivity index (χ2v) is 4.00. The van der Waals surface area contributed by atoms with Gasteiger partial charge in [0.2, 0.25) is 0 Å². The summed E-state index contributed by atoms with van der Waals surface area (Å²) in [5.74, 6) is -0.312. The Morgan fingerprint density at radius 2 is 2.05 bits per heavy atom. The quantitative estimate of drug-likeness (QED) is 0.443. The molecule has 0 heterocycles. The van der Waals surface area contributed by atoms with Gasteiger partial charge in [-0.1, -0.05) is 24.3 Å². The predicted octanol–water partition coefficient (Wildman–Crippen LogP) is 2.00. The van der Waals surface area contributed by atoms with Gasteiger partial charge in [0.25, 0.3) is 0 Å². The largest absolute Gasteiger partial charge is 0.463 e. The number of ether oxygens (including phenoxy) is 2. The standard InChI is InChI=1S/C15H21NO3/c1-3-19-15(17)9-8-13-4-6-14(7-5-13)12-16-10-11-18-2/h4-9,16H,3,10-12H2,1-2H3/b9-8+. The van der Waals surface area contributed by atoms with Gasteiger partial charge < -0.3 is 14.8 Å². The van der Waals surface area contributed by atoms with Gasteiger partial charge in [0.05, 0.1) is 13.2 Å². The summed E-state index contributed by atoms with van der Waals surface area (Å²) in [6.45, 7) is 4.54. The number of hydrogen-bond donors (Lipinski definition) is 1. The molecule has 0 radical (unpaired) electrons. The van der Waals surface area contributed by atoms with Crippen LogP contribution in [-0.2, 0) is 20.8 Å². The molecule has 0 aromatic heterocycles. The Kier molecular flexibility index (Phi) is 7.54. The van der Waals surface area contributed by atoms with Gasteiger partial charge in [0.15, 0.2) is 0 Å². The van der Waals surface area contributed by atoms with Gasteiger partial charge in [-0.25, -0.2) is 4.79 Å². The van der Waals surface area contributed by atoms with E-state index in [0.29, 0.717) is 13.2 Å². The fourth-order valence-corrected chi connectivity index (χ4v) is 1.51. The van der Waals surface area contributed by atoms with Crippen LogP contribution in [0.2, 0.25) is 0 Å². The number of esters is 1. The van der Waals surface area contributed by atoms with E-state index >= 15 is 0 Å². The van der Waals surface area contributed by atoms with Crippen LogP contribution in [-0.4, -0.2) is 32.8 Å². The molecule has 0 bridgehead atoms. The van der Waals surface area contributed by atoms with Gasteiger partial charge >= 0.3 is 5.97 Å². The van der Waals surface area contributed by atoms with Gasteiger partial charge in [-0.05, 0) is 24.1 Å². The molecule has 4 heteroatoms. The topological polar surface area (TPSA) is 47.6 Å². The highest BCUT2D eigenvalue weighted by atomic mass is 16.5. The van der Waals surface area contributed by atoms with Crippen LogP contribution < -0.4 is 5.32 Å². The Bertz CT molecular complexity index is 398. The van der Waals surface area contributed by atoms with Crippen molar-refractivity contribution in [3.63, 3.8) is 0 Å². The van der Waals surface area contributed by atoms with Gasteiger partial charge in [-0.15, -0.1) is 0 Å². The zero-order valence-electron chi connectivity index (χ0n) is 11.5. The Morgan fingerprint density at radius 3 is 2.68 bits per heavy atom. The van der Waals surface area contributed by atoms with Crippen LogP contribution in [0, 0.1) is 0 Å². The number of carbonyl (C=O) groups excluding carboxylic acids is 1. The van der Waals surface area contributed by atoms with Gasteiger partial charge in [0.1, 0.15) is 0 Å². The third kappa shape index (κ3) is 6.74. The van der Waals surface area contributed by atoms with E-state index in [2.05, 4.69) is 5.32 Å². The lowest BCUT2D eigenvalue weighted by atomic mass is 10.1. The maximum atomic E-state index is 11.2. The summed E-state index contributed by atoms with van der Waals surface area (Å²) in [6, 6.07) is 8.02. The average molecular weight is 263 g/mol. The molecular weight excluding hydrogens is 242 g/mol. The number of nitrogens with one attached hydrogen (secondary N) is 1. The Morgan fingerprint density at radius 1 is 1.32 bits per heavy atom. The lowest BCUT2D eigenvalue weighted by Gasteiger charge is -2.04. The molecule has 0 atom stereocenters. The van der Waals surface area contributed by atoms with E-state index < -0.39 is 0 Å². The average Bonchev–Trinajstić information content (AvgIpc) is 2.43. The first-order valence-electron chi connectivity index (χ1n) is 6.39. The number of rotatable bonds is 8. The van der Waals surface area contributed by atoms with E-state index in [0.717, 1.165) is 18.7 Å². The fourth-order valence-electron chi connectivity index (χ4n) is 1.51. The van der Waals surface area contributed by atoms with E-state index in [9.17, 15) is 4.79 Å². The van der Waals surface area contributed by atoms with E-state index in [1.807, 2.05) is 24.3 Å². The number of methoxy groups -OCH3 is 1. The molecule has 0 aliphatic carbocycles. The molecule has 0 saturated heterocycles. The second kappa shape index (κ2) is 9.30. The van der Waals surface area contributed by atoms with Crippen molar-refractivity contribution in [3.05, 3.63) is 41.5 Å². The maximum Gasteiger partial charge on any atom is 0.330 e. The second-order valence-electron chi connectivity index (χ2n) is 4.00. The van der Waals surface area contributed by atoms with Crippen molar-refractivity contribution >= 4 is 12.0 Å². The molecule has 0 amide bonds. The van der Waals surface area contributed by atoms with E-state index in [4.69, 9.17) is 9.47 Å². The minimum atomic E-state index is -0.312.